The van der Waals surface area contributed by atoms with Crippen molar-refractivity contribution in [3.8, 4) is 0 Å². The zero-order valence-electron chi connectivity index (χ0n) is 12.2. The van der Waals surface area contributed by atoms with Crippen molar-refractivity contribution in [2.75, 3.05) is 18.9 Å². The molecular formula is C13H22N4O3. The number of nitrogens with zero attached hydrogens (tertiary/aromatic N) is 2. The summed E-state index contributed by atoms with van der Waals surface area (Å²) in [5, 5.41) is 6.80. The molecule has 0 aliphatic carbocycles. The first-order valence-corrected chi connectivity index (χ1v) is 6.67. The van der Waals surface area contributed by atoms with E-state index in [1.807, 2.05) is 6.92 Å². The summed E-state index contributed by atoms with van der Waals surface area (Å²) in [6.45, 7) is 5.86. The highest BCUT2D eigenvalue weighted by atomic mass is 16.5. The molecule has 112 valence electrons. The summed E-state index contributed by atoms with van der Waals surface area (Å²) in [6, 6.07) is 0. The van der Waals surface area contributed by atoms with Gasteiger partial charge < -0.3 is 15.8 Å². The monoisotopic (exact) mass is 282 g/mol. The summed E-state index contributed by atoms with van der Waals surface area (Å²) >= 11 is 0. The largest absolute Gasteiger partial charge is 0.454 e. The van der Waals surface area contributed by atoms with Crippen LogP contribution in [0.5, 0.6) is 0 Å². The molecule has 3 N–H and O–H groups in total. The van der Waals surface area contributed by atoms with Crippen molar-refractivity contribution < 1.29 is 14.3 Å². The van der Waals surface area contributed by atoms with Crippen LogP contribution in [0.15, 0.2) is 0 Å². The van der Waals surface area contributed by atoms with E-state index in [0.29, 0.717) is 23.6 Å². The molecule has 0 spiro atoms. The third-order valence-electron chi connectivity index (χ3n) is 2.93. The molecule has 1 amide bonds. The van der Waals surface area contributed by atoms with Gasteiger partial charge in [-0.1, -0.05) is 13.3 Å². The maximum Gasteiger partial charge on any atom is 0.328 e. The topological polar surface area (TPSA) is 99.2 Å². The first-order chi connectivity index (χ1) is 9.45. The van der Waals surface area contributed by atoms with Gasteiger partial charge in [0.2, 0.25) is 0 Å². The minimum atomic E-state index is -0.513. The van der Waals surface area contributed by atoms with Crippen LogP contribution < -0.4 is 11.1 Å². The molecule has 0 saturated heterocycles. The van der Waals surface area contributed by atoms with Gasteiger partial charge in [-0.25, -0.2) is 0 Å². The fourth-order valence-electron chi connectivity index (χ4n) is 1.63. The van der Waals surface area contributed by atoms with Gasteiger partial charge in [-0.05, 0) is 20.3 Å². The second-order valence-electron chi connectivity index (χ2n) is 4.61. The minimum Gasteiger partial charge on any atom is -0.454 e. The number of anilines is 1. The van der Waals surface area contributed by atoms with Crippen LogP contribution in [0.3, 0.4) is 0 Å². The van der Waals surface area contributed by atoms with Gasteiger partial charge in [-0.2, -0.15) is 5.10 Å². The molecule has 1 aromatic heterocycles. The van der Waals surface area contributed by atoms with E-state index < -0.39 is 5.97 Å². The molecule has 1 heterocycles. The molecule has 7 nitrogen and oxygen atoms in total. The molecule has 0 unspecified atom stereocenters. The van der Waals surface area contributed by atoms with Crippen molar-refractivity contribution in [1.82, 2.24) is 15.1 Å². The van der Waals surface area contributed by atoms with Crippen LogP contribution in [-0.2, 0) is 20.9 Å². The van der Waals surface area contributed by atoms with Gasteiger partial charge in [-0.15, -0.1) is 0 Å². The second kappa shape index (κ2) is 7.52. The van der Waals surface area contributed by atoms with Gasteiger partial charge in [0.1, 0.15) is 6.54 Å². The second-order valence-corrected chi connectivity index (χ2v) is 4.61. The number of nitrogen functional groups attached to an aromatic ring is 1. The number of nitrogens with one attached hydrogen (secondary N) is 1. The average Bonchev–Trinajstić information content (AvgIpc) is 2.64. The minimum absolute atomic E-state index is 0.0495. The number of nitrogens with two attached hydrogens (primary N) is 1. The van der Waals surface area contributed by atoms with E-state index in [-0.39, 0.29) is 19.1 Å². The Morgan fingerprint density at radius 1 is 1.40 bits per heavy atom. The highest BCUT2D eigenvalue weighted by Crippen LogP contribution is 2.14. The van der Waals surface area contributed by atoms with Crippen molar-refractivity contribution in [3.63, 3.8) is 0 Å². The van der Waals surface area contributed by atoms with E-state index in [1.54, 1.807) is 13.8 Å². The summed E-state index contributed by atoms with van der Waals surface area (Å²) in [6.07, 6.45) is 1.91. The van der Waals surface area contributed by atoms with Crippen molar-refractivity contribution in [1.29, 1.82) is 0 Å². The number of hydrogen-bond acceptors (Lipinski definition) is 5. The van der Waals surface area contributed by atoms with Crippen molar-refractivity contribution in [3.05, 3.63) is 11.4 Å². The first-order valence-electron chi connectivity index (χ1n) is 6.67. The van der Waals surface area contributed by atoms with Gasteiger partial charge in [-0.3, -0.25) is 14.3 Å². The number of ether oxygens (including phenoxy) is 1. The Hall–Kier alpha value is -2.05. The molecule has 0 radical (unpaired) electrons. The normalized spacial score (nSPS) is 10.3. The van der Waals surface area contributed by atoms with Gasteiger partial charge >= 0.3 is 5.97 Å². The standard InChI is InChI=1S/C13H22N4O3/c1-4-5-6-15-11(18)8-20-12(19)7-17-10(3)13(14)9(2)16-17/h4-8,14H2,1-3H3,(H,15,18). The third-order valence-corrected chi connectivity index (χ3v) is 2.93. The van der Waals surface area contributed by atoms with Gasteiger partial charge in [0.25, 0.3) is 5.91 Å². The molecule has 0 aromatic carbocycles. The predicted octanol–water partition coefficient (Wildman–Crippen LogP) is 0.542. The Labute approximate surface area is 118 Å². The van der Waals surface area contributed by atoms with E-state index >= 15 is 0 Å². The van der Waals surface area contributed by atoms with Crippen LogP contribution >= 0.6 is 0 Å². The maximum absolute atomic E-state index is 11.6. The molecule has 1 aromatic rings. The summed E-state index contributed by atoms with van der Waals surface area (Å²) in [7, 11) is 0. The molecule has 0 atom stereocenters. The van der Waals surface area contributed by atoms with Crippen LogP contribution in [0, 0.1) is 13.8 Å². The maximum atomic E-state index is 11.6. The fraction of sp³-hybridized carbons (Fsp3) is 0.615. The van der Waals surface area contributed by atoms with Crippen molar-refractivity contribution in [2.45, 2.75) is 40.2 Å². The lowest BCUT2D eigenvalue weighted by Crippen LogP contribution is -2.30. The Morgan fingerprint density at radius 2 is 2.10 bits per heavy atom. The number of carbonyl (C=O) groups excluding carboxylic acids is 2. The summed E-state index contributed by atoms with van der Waals surface area (Å²) < 4.78 is 6.36. The average molecular weight is 282 g/mol. The zero-order valence-corrected chi connectivity index (χ0v) is 12.2. The van der Waals surface area contributed by atoms with Crippen molar-refractivity contribution >= 4 is 17.6 Å². The lowest BCUT2D eigenvalue weighted by molar-refractivity contribution is -0.149. The number of hydrogen-bond donors (Lipinski definition) is 2. The van der Waals surface area contributed by atoms with E-state index in [1.165, 1.54) is 4.68 Å². The fourth-order valence-corrected chi connectivity index (χ4v) is 1.63. The Kier molecular flexibility index (Phi) is 6.02. The molecule has 1 rings (SSSR count). The van der Waals surface area contributed by atoms with E-state index in [2.05, 4.69) is 10.4 Å². The molecule has 0 bridgehead atoms. The zero-order chi connectivity index (χ0) is 15.1. The molecule has 0 aliphatic rings. The van der Waals surface area contributed by atoms with E-state index in [4.69, 9.17) is 10.5 Å². The van der Waals surface area contributed by atoms with Gasteiger partial charge in [0, 0.05) is 6.54 Å². The van der Waals surface area contributed by atoms with Gasteiger partial charge in [0.05, 0.1) is 17.1 Å². The molecule has 0 aliphatic heterocycles. The molecular weight excluding hydrogens is 260 g/mol. The molecule has 20 heavy (non-hydrogen) atoms. The SMILES string of the molecule is CCCCNC(=O)COC(=O)Cn1nc(C)c(N)c1C. The lowest BCUT2D eigenvalue weighted by atomic mass is 10.3. The van der Waals surface area contributed by atoms with Crippen LogP contribution in [0.25, 0.3) is 0 Å². The van der Waals surface area contributed by atoms with Crippen LogP contribution in [0.1, 0.15) is 31.2 Å². The van der Waals surface area contributed by atoms with Crippen LogP contribution in [0.2, 0.25) is 0 Å². The summed E-state index contributed by atoms with van der Waals surface area (Å²) in [5.74, 6) is -0.805. The number of carbonyl (C=O) groups is 2. The van der Waals surface area contributed by atoms with Crippen LogP contribution in [0.4, 0.5) is 5.69 Å². The third kappa shape index (κ3) is 4.56. The Bertz CT molecular complexity index is 482. The molecule has 0 saturated carbocycles. The number of unbranched alkanes of at least 4 members (excludes halogenated alkanes) is 1. The quantitative estimate of drug-likeness (QED) is 0.562. The van der Waals surface area contributed by atoms with Gasteiger partial charge in [0.15, 0.2) is 6.61 Å². The number of rotatable bonds is 7. The smallest absolute Gasteiger partial charge is 0.328 e. The molecule has 7 heteroatoms. The predicted molar refractivity (Wildman–Crippen MR) is 75.0 cm³/mol. The Morgan fingerprint density at radius 3 is 2.65 bits per heavy atom. The number of aryl methyl sites for hydroxylation is 1. The lowest BCUT2D eigenvalue weighted by Gasteiger charge is -2.07. The van der Waals surface area contributed by atoms with Crippen LogP contribution in [-0.4, -0.2) is 34.8 Å². The molecule has 0 fully saturated rings. The van der Waals surface area contributed by atoms with Crippen molar-refractivity contribution in [2.24, 2.45) is 0 Å². The van der Waals surface area contributed by atoms with E-state index in [9.17, 15) is 9.59 Å². The number of aromatic nitrogens is 2. The van der Waals surface area contributed by atoms with E-state index in [0.717, 1.165) is 12.8 Å². The first kappa shape index (κ1) is 16.0. The highest BCUT2D eigenvalue weighted by molar-refractivity contribution is 5.80. The summed E-state index contributed by atoms with van der Waals surface area (Å²) in [4.78, 5) is 23.0. The number of esters is 1. The highest BCUT2D eigenvalue weighted by Gasteiger charge is 2.13. The number of amides is 1. The summed E-state index contributed by atoms with van der Waals surface area (Å²) in [5.41, 5.74) is 7.72. The Balaban J connectivity index is 2.36.